The van der Waals surface area contributed by atoms with Crippen molar-refractivity contribution in [2.24, 2.45) is 5.92 Å². The van der Waals surface area contributed by atoms with Gasteiger partial charge in [0, 0.05) is 35.0 Å². The maximum absolute atomic E-state index is 13.3. The van der Waals surface area contributed by atoms with Gasteiger partial charge in [0.25, 0.3) is 0 Å². The van der Waals surface area contributed by atoms with Crippen LogP contribution in [0.4, 0.5) is 15.8 Å². The average molecular weight is 457 g/mol. The van der Waals surface area contributed by atoms with Crippen molar-refractivity contribution in [1.29, 1.82) is 0 Å². The van der Waals surface area contributed by atoms with Crippen molar-refractivity contribution in [3.05, 3.63) is 82.6 Å². The van der Waals surface area contributed by atoms with Gasteiger partial charge >= 0.3 is 0 Å². The van der Waals surface area contributed by atoms with Crippen LogP contribution >= 0.6 is 11.6 Å². The molecule has 0 aliphatic rings. The van der Waals surface area contributed by atoms with Gasteiger partial charge in [-0.15, -0.1) is 0 Å². The fourth-order valence-electron chi connectivity index (χ4n) is 2.97. The Labute approximate surface area is 192 Å². The molecular weight excluding hydrogens is 431 g/mol. The number of hydrogen-bond donors (Lipinski definition) is 2. The molecule has 3 aromatic rings. The number of nitrogens with one attached hydrogen (secondary N) is 2. The summed E-state index contributed by atoms with van der Waals surface area (Å²) in [5.41, 5.74) is 3.20. The van der Waals surface area contributed by atoms with Crippen LogP contribution in [0.25, 0.3) is 0 Å². The van der Waals surface area contributed by atoms with Gasteiger partial charge in [0.2, 0.25) is 5.91 Å². The Kier molecular flexibility index (Phi) is 7.95. The zero-order valence-electron chi connectivity index (χ0n) is 18.2. The molecule has 1 amide bonds. The van der Waals surface area contributed by atoms with Crippen molar-refractivity contribution in [1.82, 2.24) is 0 Å². The van der Waals surface area contributed by atoms with E-state index >= 15 is 0 Å². The predicted molar refractivity (Wildman–Crippen MR) is 126 cm³/mol. The smallest absolute Gasteiger partial charge is 0.226 e. The van der Waals surface area contributed by atoms with E-state index < -0.39 is 5.82 Å². The molecule has 0 saturated carbocycles. The number of carbonyl (C=O) groups excluding carboxylic acids is 1. The number of anilines is 2. The number of hydrogen-bond acceptors (Lipinski definition) is 4. The molecule has 0 radical (unpaired) electrons. The first-order chi connectivity index (χ1) is 15.4. The van der Waals surface area contributed by atoms with Gasteiger partial charge < -0.3 is 20.1 Å². The van der Waals surface area contributed by atoms with Crippen molar-refractivity contribution >= 4 is 28.9 Å². The second-order valence-electron chi connectivity index (χ2n) is 7.55. The van der Waals surface area contributed by atoms with Crippen molar-refractivity contribution in [3.8, 4) is 11.5 Å². The first-order valence-corrected chi connectivity index (χ1v) is 10.6. The van der Waals surface area contributed by atoms with Gasteiger partial charge in [-0.25, -0.2) is 4.39 Å². The first-order valence-electron chi connectivity index (χ1n) is 10.2. The van der Waals surface area contributed by atoms with Gasteiger partial charge in [-0.2, -0.15) is 0 Å². The summed E-state index contributed by atoms with van der Waals surface area (Å²) in [5.74, 6) is 0.683. The van der Waals surface area contributed by atoms with E-state index in [9.17, 15) is 9.18 Å². The van der Waals surface area contributed by atoms with Crippen LogP contribution in [0.1, 0.15) is 25.0 Å². The lowest BCUT2D eigenvalue weighted by Crippen LogP contribution is -2.17. The highest BCUT2D eigenvalue weighted by Crippen LogP contribution is 2.33. The van der Waals surface area contributed by atoms with Gasteiger partial charge in [0.05, 0.1) is 12.1 Å². The van der Waals surface area contributed by atoms with Crippen LogP contribution in [0.5, 0.6) is 11.5 Å². The molecule has 0 saturated heterocycles. The molecule has 0 unspecified atom stereocenters. The number of amides is 1. The normalized spacial score (nSPS) is 10.7. The number of ether oxygens (including phenoxy) is 2. The van der Waals surface area contributed by atoms with Crippen LogP contribution in [0.3, 0.4) is 0 Å². The minimum atomic E-state index is -0.393. The van der Waals surface area contributed by atoms with E-state index in [1.165, 1.54) is 12.1 Å². The summed E-state index contributed by atoms with van der Waals surface area (Å²) in [5, 5.41) is 6.53. The molecule has 7 heteroatoms. The third-order valence-corrected chi connectivity index (χ3v) is 5.18. The summed E-state index contributed by atoms with van der Waals surface area (Å²) in [6, 6.07) is 17.4. The molecule has 3 rings (SSSR count). The van der Waals surface area contributed by atoms with E-state index in [4.69, 9.17) is 21.1 Å². The van der Waals surface area contributed by atoms with Crippen molar-refractivity contribution in [2.45, 2.75) is 27.0 Å². The van der Waals surface area contributed by atoms with Gasteiger partial charge in [-0.3, -0.25) is 4.79 Å². The number of halogens is 2. The topological polar surface area (TPSA) is 59.6 Å². The third kappa shape index (κ3) is 6.14. The molecule has 5 nitrogen and oxygen atoms in total. The van der Waals surface area contributed by atoms with Crippen molar-refractivity contribution in [2.75, 3.05) is 17.7 Å². The van der Waals surface area contributed by atoms with Gasteiger partial charge in [0.15, 0.2) is 11.5 Å². The standard InChI is InChI=1S/C25H26ClFN2O3/c1-16(2)25(30)29-21-11-9-20(10-12-21)28-14-17-5-4-6-23(31-3)24(17)32-15-18-7-8-19(27)13-22(18)26/h4-13,16,28H,14-15H2,1-3H3,(H,29,30). The van der Waals surface area contributed by atoms with Crippen LogP contribution in [0.2, 0.25) is 5.02 Å². The number of carbonyl (C=O) groups is 1. The largest absolute Gasteiger partial charge is 0.493 e. The lowest BCUT2D eigenvalue weighted by molar-refractivity contribution is -0.118. The fraction of sp³-hybridized carbons (Fsp3) is 0.240. The molecule has 0 aliphatic heterocycles. The summed E-state index contributed by atoms with van der Waals surface area (Å²) in [6.45, 7) is 4.37. The number of benzene rings is 3. The maximum atomic E-state index is 13.3. The lowest BCUT2D eigenvalue weighted by atomic mass is 10.1. The van der Waals surface area contributed by atoms with E-state index in [0.29, 0.717) is 28.6 Å². The number of para-hydroxylation sites is 1. The van der Waals surface area contributed by atoms with Gasteiger partial charge in [-0.05, 0) is 42.5 Å². The highest BCUT2D eigenvalue weighted by atomic mass is 35.5. The van der Waals surface area contributed by atoms with Crippen LogP contribution < -0.4 is 20.1 Å². The summed E-state index contributed by atoms with van der Waals surface area (Å²) in [7, 11) is 1.58. The predicted octanol–water partition coefficient (Wildman–Crippen LogP) is 6.27. The van der Waals surface area contributed by atoms with Gasteiger partial charge in [-0.1, -0.05) is 43.6 Å². The summed E-state index contributed by atoms with van der Waals surface area (Å²) in [6.07, 6.45) is 0. The van der Waals surface area contributed by atoms with E-state index in [1.54, 1.807) is 13.2 Å². The van der Waals surface area contributed by atoms with E-state index in [0.717, 1.165) is 16.9 Å². The Morgan fingerprint density at radius 1 is 1.03 bits per heavy atom. The molecule has 168 valence electrons. The fourth-order valence-corrected chi connectivity index (χ4v) is 3.19. The third-order valence-electron chi connectivity index (χ3n) is 4.83. The molecule has 3 aromatic carbocycles. The van der Waals surface area contributed by atoms with Crippen molar-refractivity contribution < 1.29 is 18.7 Å². The average Bonchev–Trinajstić information content (AvgIpc) is 2.78. The highest BCUT2D eigenvalue weighted by Gasteiger charge is 2.13. The zero-order chi connectivity index (χ0) is 23.1. The van der Waals surface area contributed by atoms with Gasteiger partial charge in [0.1, 0.15) is 12.4 Å². The maximum Gasteiger partial charge on any atom is 0.226 e. The molecule has 2 N–H and O–H groups in total. The summed E-state index contributed by atoms with van der Waals surface area (Å²) < 4.78 is 24.8. The number of methoxy groups -OCH3 is 1. The molecule has 0 atom stereocenters. The Balaban J connectivity index is 1.69. The van der Waals surface area contributed by atoms with Crippen LogP contribution in [0, 0.1) is 11.7 Å². The molecule has 0 fully saturated rings. The lowest BCUT2D eigenvalue weighted by Gasteiger charge is -2.17. The minimum absolute atomic E-state index is 0.0230. The number of rotatable bonds is 9. The molecule has 0 aromatic heterocycles. The molecule has 0 aliphatic carbocycles. The molecule has 0 spiro atoms. The van der Waals surface area contributed by atoms with Crippen LogP contribution in [-0.2, 0) is 17.9 Å². The minimum Gasteiger partial charge on any atom is -0.493 e. The zero-order valence-corrected chi connectivity index (χ0v) is 19.0. The molecular formula is C25H26ClFN2O3. The molecule has 32 heavy (non-hydrogen) atoms. The van der Waals surface area contributed by atoms with E-state index in [2.05, 4.69) is 10.6 Å². The Hall–Kier alpha value is -3.25. The quantitative estimate of drug-likeness (QED) is 0.398. The van der Waals surface area contributed by atoms with Crippen molar-refractivity contribution in [3.63, 3.8) is 0 Å². The van der Waals surface area contributed by atoms with E-state index in [-0.39, 0.29) is 18.4 Å². The Morgan fingerprint density at radius 3 is 2.41 bits per heavy atom. The SMILES string of the molecule is COc1cccc(CNc2ccc(NC(=O)C(C)C)cc2)c1OCc1ccc(F)cc1Cl. The van der Waals surface area contributed by atoms with E-state index in [1.807, 2.05) is 56.3 Å². The molecule has 0 heterocycles. The Bertz CT molecular complexity index is 1070. The Morgan fingerprint density at radius 2 is 1.75 bits per heavy atom. The second kappa shape index (κ2) is 10.9. The first kappa shape index (κ1) is 23.4. The van der Waals surface area contributed by atoms with Crippen LogP contribution in [0.15, 0.2) is 60.7 Å². The monoisotopic (exact) mass is 456 g/mol. The van der Waals surface area contributed by atoms with Crippen LogP contribution in [-0.4, -0.2) is 13.0 Å². The summed E-state index contributed by atoms with van der Waals surface area (Å²) >= 11 is 6.12. The second-order valence-corrected chi connectivity index (χ2v) is 7.95. The molecule has 0 bridgehead atoms. The highest BCUT2D eigenvalue weighted by molar-refractivity contribution is 6.31. The summed E-state index contributed by atoms with van der Waals surface area (Å²) in [4.78, 5) is 11.8.